The topological polar surface area (TPSA) is 59.3 Å². The standard InChI is InChI=1S/C18H15NO3/c1-21-18(15-6-3-2-4-7-15)22-17-10-9-14(13-19)12-16(17)8-5-11-20/h2-12,18H,1H3. The van der Waals surface area contributed by atoms with Gasteiger partial charge < -0.3 is 9.47 Å². The molecule has 2 aromatic rings. The van der Waals surface area contributed by atoms with Crippen LogP contribution in [-0.2, 0) is 9.53 Å². The highest BCUT2D eigenvalue weighted by Gasteiger charge is 2.13. The zero-order valence-electron chi connectivity index (χ0n) is 12.1. The summed E-state index contributed by atoms with van der Waals surface area (Å²) in [6.45, 7) is 0. The average Bonchev–Trinajstić information content (AvgIpc) is 2.59. The molecule has 0 aromatic heterocycles. The van der Waals surface area contributed by atoms with Crippen LogP contribution in [0.25, 0.3) is 6.08 Å². The normalized spacial score (nSPS) is 11.8. The number of hydrogen-bond donors (Lipinski definition) is 0. The number of ether oxygens (including phenoxy) is 2. The zero-order chi connectivity index (χ0) is 15.8. The van der Waals surface area contributed by atoms with Gasteiger partial charge in [-0.1, -0.05) is 30.3 Å². The summed E-state index contributed by atoms with van der Waals surface area (Å²) in [7, 11) is 1.56. The van der Waals surface area contributed by atoms with E-state index in [0.717, 1.165) is 5.56 Å². The van der Waals surface area contributed by atoms with E-state index in [1.165, 1.54) is 6.08 Å². The van der Waals surface area contributed by atoms with Gasteiger partial charge in [0.05, 0.1) is 11.6 Å². The third-order valence-electron chi connectivity index (χ3n) is 3.01. The average molecular weight is 293 g/mol. The summed E-state index contributed by atoms with van der Waals surface area (Å²) in [5.41, 5.74) is 2.01. The lowest BCUT2D eigenvalue weighted by atomic mass is 10.1. The molecule has 1 unspecified atom stereocenters. The molecule has 0 bridgehead atoms. The van der Waals surface area contributed by atoms with Crippen LogP contribution < -0.4 is 4.74 Å². The maximum Gasteiger partial charge on any atom is 0.226 e. The number of nitriles is 1. The van der Waals surface area contributed by atoms with Crippen LogP contribution in [-0.4, -0.2) is 13.4 Å². The summed E-state index contributed by atoms with van der Waals surface area (Å²) >= 11 is 0. The van der Waals surface area contributed by atoms with Gasteiger partial charge in [-0.2, -0.15) is 5.26 Å². The first-order valence-corrected chi connectivity index (χ1v) is 6.69. The Morgan fingerprint density at radius 2 is 1.95 bits per heavy atom. The van der Waals surface area contributed by atoms with Crippen LogP contribution in [0.3, 0.4) is 0 Å². The van der Waals surface area contributed by atoms with Crippen LogP contribution in [0.5, 0.6) is 5.75 Å². The van der Waals surface area contributed by atoms with Crippen molar-refractivity contribution >= 4 is 12.4 Å². The third-order valence-corrected chi connectivity index (χ3v) is 3.01. The van der Waals surface area contributed by atoms with Crippen molar-refractivity contribution in [1.29, 1.82) is 5.26 Å². The minimum absolute atomic E-state index is 0.492. The van der Waals surface area contributed by atoms with Crippen molar-refractivity contribution in [2.75, 3.05) is 7.11 Å². The highest BCUT2D eigenvalue weighted by atomic mass is 16.7. The maximum absolute atomic E-state index is 10.5. The van der Waals surface area contributed by atoms with Gasteiger partial charge in [-0.3, -0.25) is 4.79 Å². The molecule has 2 rings (SSSR count). The molecule has 0 heterocycles. The molecule has 0 aliphatic carbocycles. The minimum atomic E-state index is -0.572. The number of rotatable bonds is 6. The first-order chi connectivity index (χ1) is 10.8. The van der Waals surface area contributed by atoms with E-state index in [0.29, 0.717) is 23.2 Å². The summed E-state index contributed by atoms with van der Waals surface area (Å²) in [6.07, 6.45) is 3.06. The Morgan fingerprint density at radius 3 is 2.59 bits per heavy atom. The van der Waals surface area contributed by atoms with Crippen LogP contribution >= 0.6 is 0 Å². The summed E-state index contributed by atoms with van der Waals surface area (Å²) < 4.78 is 11.3. The molecular formula is C18H15NO3. The predicted molar refractivity (Wildman–Crippen MR) is 83.1 cm³/mol. The molecule has 0 spiro atoms. The fourth-order valence-electron chi connectivity index (χ4n) is 1.98. The fourth-order valence-corrected chi connectivity index (χ4v) is 1.98. The van der Waals surface area contributed by atoms with Crippen LogP contribution in [0.2, 0.25) is 0 Å². The molecule has 0 aliphatic heterocycles. The molecule has 0 saturated heterocycles. The molecular weight excluding hydrogens is 278 g/mol. The van der Waals surface area contributed by atoms with Crippen LogP contribution in [0, 0.1) is 11.3 Å². The van der Waals surface area contributed by atoms with Gasteiger partial charge in [0.1, 0.15) is 12.0 Å². The van der Waals surface area contributed by atoms with E-state index in [-0.39, 0.29) is 0 Å². The number of benzene rings is 2. The van der Waals surface area contributed by atoms with Crippen molar-refractivity contribution in [2.45, 2.75) is 6.29 Å². The molecule has 2 aromatic carbocycles. The van der Waals surface area contributed by atoms with Gasteiger partial charge >= 0.3 is 0 Å². The fraction of sp³-hybridized carbons (Fsp3) is 0.111. The van der Waals surface area contributed by atoms with Crippen LogP contribution in [0.15, 0.2) is 54.6 Å². The molecule has 4 nitrogen and oxygen atoms in total. The Bertz CT molecular complexity index is 702. The summed E-state index contributed by atoms with van der Waals surface area (Å²) in [5, 5.41) is 8.98. The van der Waals surface area contributed by atoms with E-state index < -0.39 is 6.29 Å². The molecule has 0 amide bonds. The van der Waals surface area contributed by atoms with Crippen molar-refractivity contribution in [1.82, 2.24) is 0 Å². The molecule has 1 atom stereocenters. The summed E-state index contributed by atoms with van der Waals surface area (Å²) in [6, 6.07) is 16.6. The lowest BCUT2D eigenvalue weighted by Gasteiger charge is -2.19. The highest BCUT2D eigenvalue weighted by molar-refractivity contribution is 5.75. The molecule has 22 heavy (non-hydrogen) atoms. The zero-order valence-corrected chi connectivity index (χ0v) is 12.1. The molecule has 110 valence electrons. The molecule has 0 saturated carbocycles. The Hall–Kier alpha value is -2.90. The Morgan fingerprint density at radius 1 is 1.18 bits per heavy atom. The van der Waals surface area contributed by atoms with Crippen LogP contribution in [0.4, 0.5) is 0 Å². The molecule has 0 radical (unpaired) electrons. The van der Waals surface area contributed by atoms with Crippen molar-refractivity contribution in [3.8, 4) is 11.8 Å². The van der Waals surface area contributed by atoms with E-state index >= 15 is 0 Å². The Labute approximate surface area is 129 Å². The minimum Gasteiger partial charge on any atom is -0.460 e. The highest BCUT2D eigenvalue weighted by Crippen LogP contribution is 2.27. The van der Waals surface area contributed by atoms with Crippen molar-refractivity contribution in [2.24, 2.45) is 0 Å². The van der Waals surface area contributed by atoms with Gasteiger partial charge in [-0.15, -0.1) is 0 Å². The lowest BCUT2D eigenvalue weighted by molar-refractivity contribution is -0.104. The molecule has 0 aliphatic rings. The van der Waals surface area contributed by atoms with E-state index in [9.17, 15) is 4.79 Å². The number of hydrogen-bond acceptors (Lipinski definition) is 4. The Kier molecular flexibility index (Phi) is 5.47. The summed E-state index contributed by atoms with van der Waals surface area (Å²) in [4.78, 5) is 10.5. The molecule has 0 fully saturated rings. The van der Waals surface area contributed by atoms with Crippen molar-refractivity contribution in [3.05, 3.63) is 71.3 Å². The number of carbonyl (C=O) groups is 1. The third kappa shape index (κ3) is 3.81. The van der Waals surface area contributed by atoms with E-state index in [4.69, 9.17) is 14.7 Å². The monoisotopic (exact) mass is 293 g/mol. The van der Waals surface area contributed by atoms with Gasteiger partial charge in [0.25, 0.3) is 0 Å². The van der Waals surface area contributed by atoms with E-state index in [1.807, 2.05) is 30.3 Å². The van der Waals surface area contributed by atoms with Gasteiger partial charge in [0.2, 0.25) is 6.29 Å². The smallest absolute Gasteiger partial charge is 0.226 e. The van der Waals surface area contributed by atoms with Crippen LogP contribution in [0.1, 0.15) is 23.0 Å². The second-order valence-electron chi connectivity index (χ2n) is 4.46. The van der Waals surface area contributed by atoms with Crippen molar-refractivity contribution < 1.29 is 14.3 Å². The first-order valence-electron chi connectivity index (χ1n) is 6.69. The number of methoxy groups -OCH3 is 1. The van der Waals surface area contributed by atoms with E-state index in [1.54, 1.807) is 31.4 Å². The van der Waals surface area contributed by atoms with Gasteiger partial charge in [0, 0.05) is 18.2 Å². The van der Waals surface area contributed by atoms with Gasteiger partial charge in [-0.05, 0) is 30.4 Å². The van der Waals surface area contributed by atoms with Crippen molar-refractivity contribution in [3.63, 3.8) is 0 Å². The molecule has 0 N–H and O–H groups in total. The second-order valence-corrected chi connectivity index (χ2v) is 4.46. The predicted octanol–water partition coefficient (Wildman–Crippen LogP) is 3.49. The SMILES string of the molecule is COC(Oc1ccc(C#N)cc1C=CC=O)c1ccccc1. The number of nitrogens with zero attached hydrogens (tertiary/aromatic N) is 1. The lowest BCUT2D eigenvalue weighted by Crippen LogP contribution is -2.10. The largest absolute Gasteiger partial charge is 0.460 e. The number of aldehydes is 1. The maximum atomic E-state index is 10.5. The quantitative estimate of drug-likeness (QED) is 0.464. The van der Waals surface area contributed by atoms with Gasteiger partial charge in [-0.25, -0.2) is 0 Å². The summed E-state index contributed by atoms with van der Waals surface area (Å²) in [5.74, 6) is 0.535. The molecule has 4 heteroatoms. The van der Waals surface area contributed by atoms with Gasteiger partial charge in [0.15, 0.2) is 0 Å². The second kappa shape index (κ2) is 7.77. The number of allylic oxidation sites excluding steroid dienone is 1. The Balaban J connectivity index is 2.33. The van der Waals surface area contributed by atoms with E-state index in [2.05, 4.69) is 6.07 Å². The first kappa shape index (κ1) is 15.5. The number of carbonyl (C=O) groups excluding carboxylic acids is 1.